The van der Waals surface area contributed by atoms with E-state index in [1.54, 1.807) is 24.3 Å². The van der Waals surface area contributed by atoms with Crippen molar-refractivity contribution in [3.63, 3.8) is 0 Å². The highest BCUT2D eigenvalue weighted by Crippen LogP contribution is 2.59. The van der Waals surface area contributed by atoms with Crippen LogP contribution >= 0.6 is 0 Å². The Morgan fingerprint density at radius 1 is 1.05 bits per heavy atom. The number of fused-ring (bicyclic) bond motifs is 4. The minimum absolute atomic E-state index is 0.0278. The normalized spacial score (nSPS) is 29.7. The average molecular weight is 780 g/mol. The predicted molar refractivity (Wildman–Crippen MR) is 189 cm³/mol. The summed E-state index contributed by atoms with van der Waals surface area (Å²) in [6.07, 6.45) is 2.09. The molecule has 6 rings (SSSR count). The zero-order valence-corrected chi connectivity index (χ0v) is 31.4. The molecule has 2 bridgehead atoms. The molecule has 1 aromatic carbocycles. The van der Waals surface area contributed by atoms with Crippen LogP contribution in [0.5, 0.6) is 0 Å². The van der Waals surface area contributed by atoms with Crippen LogP contribution in [-0.2, 0) is 49.5 Å². The van der Waals surface area contributed by atoms with Gasteiger partial charge in [0.1, 0.15) is 35.9 Å². The van der Waals surface area contributed by atoms with E-state index in [0.29, 0.717) is 36.8 Å². The molecule has 1 saturated carbocycles. The molecule has 1 aliphatic carbocycles. The summed E-state index contributed by atoms with van der Waals surface area (Å²) < 4.78 is 62.1. The molecule has 0 radical (unpaired) electrons. The van der Waals surface area contributed by atoms with Crippen LogP contribution in [0.2, 0.25) is 0 Å². The van der Waals surface area contributed by atoms with Gasteiger partial charge in [-0.05, 0) is 42.9 Å². The molecule has 2 amide bonds. The number of carbonyl (C=O) groups excluding carboxylic acids is 4. The summed E-state index contributed by atoms with van der Waals surface area (Å²) >= 11 is 0. The van der Waals surface area contributed by atoms with Crippen LogP contribution < -0.4 is 5.32 Å². The Kier molecular flexibility index (Phi) is 12.9. The number of hydrogen-bond acceptors (Lipinski definition) is 11. The zero-order valence-electron chi connectivity index (χ0n) is 31.4. The topological polar surface area (TPSA) is 153 Å². The van der Waals surface area contributed by atoms with E-state index in [4.69, 9.17) is 19.0 Å². The first kappa shape index (κ1) is 41.1. The number of carbonyl (C=O) groups is 4. The van der Waals surface area contributed by atoms with E-state index in [1.807, 2.05) is 0 Å². The molecule has 55 heavy (non-hydrogen) atoms. The van der Waals surface area contributed by atoms with Crippen LogP contribution in [-0.4, -0.2) is 114 Å². The van der Waals surface area contributed by atoms with Crippen LogP contribution in [0.4, 0.5) is 13.2 Å². The Morgan fingerprint density at radius 2 is 1.76 bits per heavy atom. The molecule has 2 N–H and O–H groups in total. The van der Waals surface area contributed by atoms with E-state index in [2.05, 4.69) is 23.9 Å². The highest BCUT2D eigenvalue weighted by molar-refractivity contribution is 5.96. The second kappa shape index (κ2) is 17.3. The summed E-state index contributed by atoms with van der Waals surface area (Å²) in [5.41, 5.74) is -0.550. The van der Waals surface area contributed by atoms with Crippen molar-refractivity contribution in [2.24, 2.45) is 5.41 Å². The van der Waals surface area contributed by atoms with Crippen LogP contribution in [0.15, 0.2) is 30.3 Å². The van der Waals surface area contributed by atoms with Crippen molar-refractivity contribution < 1.29 is 61.2 Å². The molecule has 4 saturated heterocycles. The molecule has 0 aromatic heterocycles. The second-order valence-electron chi connectivity index (χ2n) is 15.1. The Bertz CT molecular complexity index is 1580. The van der Waals surface area contributed by atoms with Gasteiger partial charge < -0.3 is 34.3 Å². The third-order valence-electron chi connectivity index (χ3n) is 11.4. The first-order chi connectivity index (χ1) is 26.4. The number of aliphatic hydroxyl groups is 1. The monoisotopic (exact) mass is 779 g/mol. The lowest BCUT2D eigenvalue weighted by Crippen LogP contribution is -2.70. The van der Waals surface area contributed by atoms with Gasteiger partial charge >= 0.3 is 18.1 Å². The SMILES string of the molecule is CCCCCC1(CCCCC)OC2C3CC4(C(=O)N5CCCC5C(=O)NCCO)C(ON(Cc5ccccc5C=CC(=O)OCC(F)(F)F)C4C(=O)O3)C2O1. The molecule has 5 fully saturated rings. The average Bonchev–Trinajstić information content (AvgIpc) is 3.88. The summed E-state index contributed by atoms with van der Waals surface area (Å²) in [5, 5.41) is 13.4. The first-order valence-corrected chi connectivity index (χ1v) is 19.5. The van der Waals surface area contributed by atoms with Crippen LogP contribution in [0.1, 0.15) is 95.6 Å². The van der Waals surface area contributed by atoms with Gasteiger partial charge in [-0.2, -0.15) is 18.2 Å². The number of alkyl halides is 3. The lowest BCUT2D eigenvalue weighted by atomic mass is 9.62. The summed E-state index contributed by atoms with van der Waals surface area (Å²) in [7, 11) is 0. The minimum Gasteiger partial charge on any atom is -0.458 e. The van der Waals surface area contributed by atoms with Gasteiger partial charge in [0.25, 0.3) is 0 Å². The van der Waals surface area contributed by atoms with E-state index in [0.717, 1.165) is 44.6 Å². The largest absolute Gasteiger partial charge is 0.458 e. The number of halogens is 3. The number of hydroxylamine groups is 2. The number of ether oxygens (including phenoxy) is 4. The lowest BCUT2D eigenvalue weighted by molar-refractivity contribution is -0.225. The summed E-state index contributed by atoms with van der Waals surface area (Å²) in [5.74, 6) is -3.67. The third-order valence-corrected chi connectivity index (χ3v) is 11.4. The summed E-state index contributed by atoms with van der Waals surface area (Å²) in [6, 6.07) is 4.69. The van der Waals surface area contributed by atoms with Crippen molar-refractivity contribution in [2.75, 3.05) is 26.3 Å². The van der Waals surface area contributed by atoms with Crippen LogP contribution in [0, 0.1) is 5.41 Å². The molecule has 4 heterocycles. The van der Waals surface area contributed by atoms with Crippen molar-refractivity contribution in [3.8, 4) is 0 Å². The predicted octanol–water partition coefficient (Wildman–Crippen LogP) is 4.35. The van der Waals surface area contributed by atoms with Crippen molar-refractivity contribution >= 4 is 29.8 Å². The van der Waals surface area contributed by atoms with Crippen LogP contribution in [0.3, 0.4) is 0 Å². The van der Waals surface area contributed by atoms with E-state index < -0.39 is 84.2 Å². The van der Waals surface area contributed by atoms with Crippen molar-refractivity contribution in [2.45, 2.75) is 139 Å². The number of esters is 2. The fraction of sp³-hybridized carbons (Fsp3) is 0.692. The maximum atomic E-state index is 15.2. The van der Waals surface area contributed by atoms with E-state index in [1.165, 1.54) is 16.0 Å². The van der Waals surface area contributed by atoms with Gasteiger partial charge in [0.05, 0.1) is 13.2 Å². The number of likely N-dealkylation sites (tertiary alicyclic amines) is 1. The van der Waals surface area contributed by atoms with Gasteiger partial charge in [0.15, 0.2) is 18.4 Å². The molecule has 304 valence electrons. The molecule has 5 aliphatic rings. The molecule has 0 spiro atoms. The second-order valence-corrected chi connectivity index (χ2v) is 15.1. The standard InChI is InChI=1S/C39H52F3N3O10/c1-3-5-9-17-37(18-10-6-4-2)53-30-28-22-38(36(50)44-20-11-14-27(44)34(48)43-19-21-46)32(35(49)52-28)45(55-33(38)31(30)54-37)23-26-13-8-7-12-25(26)15-16-29(47)51-24-39(40,41)42/h7-8,12-13,15-16,27-28,30-33,46H,3-6,9-11,14,17-24H2,1-2H3,(H,43,48). The smallest absolute Gasteiger partial charge is 0.422 e. The number of unbranched alkanes of at least 4 members (excludes halogenated alkanes) is 4. The van der Waals surface area contributed by atoms with Crippen LogP contribution in [0.25, 0.3) is 6.08 Å². The Balaban J connectivity index is 1.36. The molecule has 13 nitrogen and oxygen atoms in total. The van der Waals surface area contributed by atoms with Crippen molar-refractivity contribution in [1.82, 2.24) is 15.3 Å². The van der Waals surface area contributed by atoms with Gasteiger partial charge in [-0.15, -0.1) is 0 Å². The number of hydrogen-bond donors (Lipinski definition) is 2. The minimum atomic E-state index is -4.68. The third kappa shape index (κ3) is 8.58. The highest BCUT2D eigenvalue weighted by Gasteiger charge is 2.77. The van der Waals surface area contributed by atoms with E-state index >= 15 is 4.79 Å². The number of nitrogens with zero attached hydrogens (tertiary/aromatic N) is 2. The van der Waals surface area contributed by atoms with Gasteiger partial charge in [-0.3, -0.25) is 19.2 Å². The Hall–Kier alpha value is -3.57. The molecule has 7 unspecified atom stereocenters. The van der Waals surface area contributed by atoms with Crippen molar-refractivity contribution in [3.05, 3.63) is 41.5 Å². The summed E-state index contributed by atoms with van der Waals surface area (Å²) in [4.78, 5) is 63.2. The van der Waals surface area contributed by atoms with Crippen molar-refractivity contribution in [1.29, 1.82) is 0 Å². The summed E-state index contributed by atoms with van der Waals surface area (Å²) in [6.45, 7) is 2.46. The molecular weight excluding hydrogens is 727 g/mol. The molecule has 1 aromatic rings. The van der Waals surface area contributed by atoms with E-state index in [9.17, 15) is 32.7 Å². The Morgan fingerprint density at radius 3 is 2.45 bits per heavy atom. The lowest BCUT2D eigenvalue weighted by Gasteiger charge is -2.50. The van der Waals surface area contributed by atoms with Gasteiger partial charge in [0.2, 0.25) is 11.8 Å². The van der Waals surface area contributed by atoms with Gasteiger partial charge in [-0.25, -0.2) is 4.79 Å². The maximum Gasteiger partial charge on any atom is 0.422 e. The number of amides is 2. The fourth-order valence-electron chi connectivity index (χ4n) is 8.89. The first-order valence-electron chi connectivity index (χ1n) is 19.5. The quantitative estimate of drug-likeness (QED) is 0.132. The van der Waals surface area contributed by atoms with Gasteiger partial charge in [0, 0.05) is 38.4 Å². The van der Waals surface area contributed by atoms with E-state index in [-0.39, 0.29) is 32.7 Å². The zero-order chi connectivity index (χ0) is 39.4. The fourth-order valence-corrected chi connectivity index (χ4v) is 8.89. The number of nitrogens with one attached hydrogen (secondary N) is 1. The molecule has 7 atom stereocenters. The number of benzene rings is 1. The highest BCUT2D eigenvalue weighted by atomic mass is 19.4. The Labute approximate surface area is 318 Å². The maximum absolute atomic E-state index is 15.2. The number of rotatable bonds is 17. The number of aliphatic hydroxyl groups excluding tert-OH is 1. The molecular formula is C39H52F3N3O10. The molecule has 4 aliphatic heterocycles. The van der Waals surface area contributed by atoms with Gasteiger partial charge in [-0.1, -0.05) is 63.8 Å². The molecule has 16 heteroatoms.